The van der Waals surface area contributed by atoms with E-state index in [2.05, 4.69) is 43.0 Å². The summed E-state index contributed by atoms with van der Waals surface area (Å²) >= 11 is 0. The zero-order valence-electron chi connectivity index (χ0n) is 12.7. The zero-order valence-corrected chi connectivity index (χ0v) is 12.7. The average molecular weight is 266 g/mol. The predicted molar refractivity (Wildman–Crippen MR) is 79.9 cm³/mol. The smallest absolute Gasteiger partial charge is 0.138 e. The van der Waals surface area contributed by atoms with Crippen LogP contribution in [0.25, 0.3) is 0 Å². The van der Waals surface area contributed by atoms with Crippen LogP contribution in [0, 0.1) is 0 Å². The molecule has 0 saturated heterocycles. The second-order valence-corrected chi connectivity index (χ2v) is 5.76. The summed E-state index contributed by atoms with van der Waals surface area (Å²) in [6.07, 6.45) is 1.05. The number of hydrogen-bond donors (Lipinski definition) is 2. The van der Waals surface area contributed by atoms with Crippen LogP contribution in [0.4, 0.5) is 11.6 Å². The van der Waals surface area contributed by atoms with Gasteiger partial charge in [-0.05, 0) is 6.42 Å². The number of nitrogens with one attached hydrogen (secondary N) is 1. The highest BCUT2D eigenvalue weighted by atomic mass is 16.3. The summed E-state index contributed by atoms with van der Waals surface area (Å²) in [7, 11) is 1.93. The third-order valence-electron chi connectivity index (χ3n) is 2.77. The topological polar surface area (TPSA) is 61.3 Å². The number of aromatic nitrogens is 2. The molecule has 1 aromatic rings. The van der Waals surface area contributed by atoms with E-state index in [0.29, 0.717) is 6.54 Å². The van der Waals surface area contributed by atoms with Crippen molar-refractivity contribution in [1.29, 1.82) is 0 Å². The largest absolute Gasteiger partial charge is 0.395 e. The van der Waals surface area contributed by atoms with Crippen LogP contribution in [0.15, 0.2) is 6.07 Å². The Morgan fingerprint density at radius 3 is 2.53 bits per heavy atom. The highest BCUT2D eigenvalue weighted by molar-refractivity contribution is 5.49. The average Bonchev–Trinajstić information content (AvgIpc) is 2.35. The summed E-state index contributed by atoms with van der Waals surface area (Å²) in [4.78, 5) is 11.1. The van der Waals surface area contributed by atoms with Crippen molar-refractivity contribution in [3.05, 3.63) is 11.9 Å². The Morgan fingerprint density at radius 1 is 1.32 bits per heavy atom. The fourth-order valence-corrected chi connectivity index (χ4v) is 1.57. The number of likely N-dealkylation sites (N-methyl/N-ethyl adjacent to an activating group) is 1. The zero-order chi connectivity index (χ0) is 14.5. The molecule has 0 saturated carbocycles. The molecule has 0 aliphatic rings. The maximum absolute atomic E-state index is 9.04. The van der Waals surface area contributed by atoms with Crippen molar-refractivity contribution < 1.29 is 5.11 Å². The SMILES string of the molecule is CCCNc1cc(N(C)CCO)nc(C(C)(C)C)n1. The van der Waals surface area contributed by atoms with Crippen LogP contribution in [0.5, 0.6) is 0 Å². The van der Waals surface area contributed by atoms with E-state index in [9.17, 15) is 0 Å². The molecular formula is C14H26N4O. The van der Waals surface area contributed by atoms with Crippen LogP contribution < -0.4 is 10.2 Å². The highest BCUT2D eigenvalue weighted by Crippen LogP contribution is 2.23. The molecule has 0 aliphatic carbocycles. The van der Waals surface area contributed by atoms with Crippen molar-refractivity contribution in [3.63, 3.8) is 0 Å². The normalized spacial score (nSPS) is 11.5. The lowest BCUT2D eigenvalue weighted by atomic mass is 9.96. The van der Waals surface area contributed by atoms with Gasteiger partial charge in [0.15, 0.2) is 0 Å². The van der Waals surface area contributed by atoms with E-state index in [1.807, 2.05) is 18.0 Å². The van der Waals surface area contributed by atoms with Gasteiger partial charge in [0, 0.05) is 31.6 Å². The summed E-state index contributed by atoms with van der Waals surface area (Å²) < 4.78 is 0. The number of aliphatic hydroxyl groups is 1. The molecule has 5 nitrogen and oxygen atoms in total. The summed E-state index contributed by atoms with van der Waals surface area (Å²) in [6, 6.07) is 1.93. The maximum Gasteiger partial charge on any atom is 0.138 e. The van der Waals surface area contributed by atoms with E-state index in [1.54, 1.807) is 0 Å². The van der Waals surface area contributed by atoms with Crippen molar-refractivity contribution in [2.24, 2.45) is 0 Å². The molecule has 2 N–H and O–H groups in total. The minimum absolute atomic E-state index is 0.0985. The van der Waals surface area contributed by atoms with Crippen LogP contribution in [0.1, 0.15) is 39.9 Å². The van der Waals surface area contributed by atoms with Gasteiger partial charge in [0.05, 0.1) is 6.61 Å². The Balaban J connectivity index is 3.08. The van der Waals surface area contributed by atoms with Gasteiger partial charge in [-0.1, -0.05) is 27.7 Å². The van der Waals surface area contributed by atoms with Crippen LogP contribution in [-0.2, 0) is 5.41 Å². The van der Waals surface area contributed by atoms with Gasteiger partial charge in [-0.25, -0.2) is 9.97 Å². The Bertz CT molecular complexity index is 401. The molecule has 0 unspecified atom stereocenters. The molecule has 0 bridgehead atoms. The Kier molecular flexibility index (Phi) is 5.54. The molecule has 108 valence electrons. The van der Waals surface area contributed by atoms with E-state index in [0.717, 1.165) is 30.4 Å². The Morgan fingerprint density at radius 2 is 2.00 bits per heavy atom. The predicted octanol–water partition coefficient (Wildman–Crippen LogP) is 2.02. The van der Waals surface area contributed by atoms with Gasteiger partial charge < -0.3 is 15.3 Å². The first kappa shape index (κ1) is 15.7. The summed E-state index contributed by atoms with van der Waals surface area (Å²) in [5.74, 6) is 2.50. The standard InChI is InChI=1S/C14H26N4O/c1-6-7-15-11-10-12(18(5)8-9-19)17-13(16-11)14(2,3)4/h10,19H,6-9H2,1-5H3,(H,15,16,17). The number of aliphatic hydroxyl groups excluding tert-OH is 1. The summed E-state index contributed by atoms with van der Waals surface area (Å²) in [6.45, 7) is 9.99. The molecular weight excluding hydrogens is 240 g/mol. The lowest BCUT2D eigenvalue weighted by Gasteiger charge is -2.23. The maximum atomic E-state index is 9.04. The van der Waals surface area contributed by atoms with Gasteiger partial charge in [-0.2, -0.15) is 0 Å². The second kappa shape index (κ2) is 6.70. The fourth-order valence-electron chi connectivity index (χ4n) is 1.57. The number of anilines is 2. The van der Waals surface area contributed by atoms with Crippen molar-refractivity contribution in [3.8, 4) is 0 Å². The molecule has 0 spiro atoms. The highest BCUT2D eigenvalue weighted by Gasteiger charge is 2.20. The molecule has 5 heteroatoms. The number of nitrogens with zero attached hydrogens (tertiary/aromatic N) is 3. The molecule has 0 radical (unpaired) electrons. The molecule has 1 aromatic heterocycles. The van der Waals surface area contributed by atoms with E-state index in [4.69, 9.17) is 5.11 Å². The summed E-state index contributed by atoms with van der Waals surface area (Å²) in [5, 5.41) is 12.3. The third kappa shape index (κ3) is 4.67. The van der Waals surface area contributed by atoms with Crippen LogP contribution in [-0.4, -0.2) is 41.8 Å². The molecule has 19 heavy (non-hydrogen) atoms. The quantitative estimate of drug-likeness (QED) is 0.825. The molecule has 0 aromatic carbocycles. The Hall–Kier alpha value is -1.36. The van der Waals surface area contributed by atoms with Crippen molar-refractivity contribution >= 4 is 11.6 Å². The van der Waals surface area contributed by atoms with Crippen LogP contribution in [0.3, 0.4) is 0 Å². The van der Waals surface area contributed by atoms with Crippen molar-refractivity contribution in [2.45, 2.75) is 39.5 Å². The van der Waals surface area contributed by atoms with E-state index >= 15 is 0 Å². The second-order valence-electron chi connectivity index (χ2n) is 5.76. The number of hydrogen-bond acceptors (Lipinski definition) is 5. The molecule has 0 amide bonds. The minimum Gasteiger partial charge on any atom is -0.395 e. The van der Waals surface area contributed by atoms with Crippen molar-refractivity contribution in [1.82, 2.24) is 9.97 Å². The molecule has 0 atom stereocenters. The third-order valence-corrected chi connectivity index (χ3v) is 2.77. The van der Waals surface area contributed by atoms with E-state index < -0.39 is 0 Å². The molecule has 0 fully saturated rings. The molecule has 1 rings (SSSR count). The van der Waals surface area contributed by atoms with Gasteiger partial charge >= 0.3 is 0 Å². The van der Waals surface area contributed by atoms with Gasteiger partial charge in [0.25, 0.3) is 0 Å². The van der Waals surface area contributed by atoms with Crippen LogP contribution in [0.2, 0.25) is 0 Å². The lowest BCUT2D eigenvalue weighted by molar-refractivity contribution is 0.303. The lowest BCUT2D eigenvalue weighted by Crippen LogP contribution is -2.25. The first-order valence-electron chi connectivity index (χ1n) is 6.84. The van der Waals surface area contributed by atoms with Gasteiger partial charge in [-0.15, -0.1) is 0 Å². The van der Waals surface area contributed by atoms with Gasteiger partial charge in [0.1, 0.15) is 17.5 Å². The van der Waals surface area contributed by atoms with Gasteiger partial charge in [-0.3, -0.25) is 0 Å². The van der Waals surface area contributed by atoms with Gasteiger partial charge in [0.2, 0.25) is 0 Å². The first-order chi connectivity index (χ1) is 8.88. The minimum atomic E-state index is -0.0985. The molecule has 1 heterocycles. The fraction of sp³-hybridized carbons (Fsp3) is 0.714. The van der Waals surface area contributed by atoms with Crippen molar-refractivity contribution in [2.75, 3.05) is 37.0 Å². The first-order valence-corrected chi connectivity index (χ1v) is 6.84. The molecule has 0 aliphatic heterocycles. The monoisotopic (exact) mass is 266 g/mol. The van der Waals surface area contributed by atoms with Crippen LogP contribution >= 0.6 is 0 Å². The number of rotatable bonds is 6. The van der Waals surface area contributed by atoms with E-state index in [-0.39, 0.29) is 12.0 Å². The summed E-state index contributed by atoms with van der Waals surface area (Å²) in [5.41, 5.74) is -0.0985. The van der Waals surface area contributed by atoms with E-state index in [1.165, 1.54) is 0 Å². The Labute approximate surface area is 116 Å².